The van der Waals surface area contributed by atoms with Gasteiger partial charge in [-0.2, -0.15) is 0 Å². The lowest BCUT2D eigenvalue weighted by atomic mass is 10.3. The lowest BCUT2D eigenvalue weighted by Gasteiger charge is -2.20. The minimum Gasteiger partial charge on any atom is -0.467 e. The number of nitro groups is 1. The van der Waals surface area contributed by atoms with Crippen molar-refractivity contribution in [3.63, 3.8) is 0 Å². The number of aromatic nitrogens is 2. The van der Waals surface area contributed by atoms with Gasteiger partial charge in [-0.05, 0) is 19.1 Å². The highest BCUT2D eigenvalue weighted by Crippen LogP contribution is 2.31. The van der Waals surface area contributed by atoms with Crippen LogP contribution in [-0.4, -0.2) is 39.7 Å². The summed E-state index contributed by atoms with van der Waals surface area (Å²) in [7, 11) is 0. The molecule has 0 aliphatic carbocycles. The van der Waals surface area contributed by atoms with Gasteiger partial charge in [0, 0.05) is 13.1 Å². The zero-order valence-corrected chi connectivity index (χ0v) is 12.1. The van der Waals surface area contributed by atoms with Crippen molar-refractivity contribution in [1.29, 1.82) is 0 Å². The number of hydrogen-bond donors (Lipinski definition) is 2. The molecule has 0 fully saturated rings. The summed E-state index contributed by atoms with van der Waals surface area (Å²) in [4.78, 5) is 20.4. The first-order chi connectivity index (χ1) is 10.7. The Morgan fingerprint density at radius 1 is 1.50 bits per heavy atom. The number of nitrogens with zero attached hydrogens (tertiary/aromatic N) is 4. The van der Waals surface area contributed by atoms with Crippen LogP contribution in [0.1, 0.15) is 12.7 Å². The summed E-state index contributed by atoms with van der Waals surface area (Å²) in [6.07, 6.45) is 2.78. The number of anilines is 2. The van der Waals surface area contributed by atoms with Gasteiger partial charge in [-0.3, -0.25) is 10.1 Å². The minimum absolute atomic E-state index is 0.114. The average molecular weight is 307 g/mol. The molecule has 0 saturated heterocycles. The van der Waals surface area contributed by atoms with E-state index < -0.39 is 4.92 Å². The molecule has 22 heavy (non-hydrogen) atoms. The van der Waals surface area contributed by atoms with Crippen LogP contribution >= 0.6 is 0 Å². The van der Waals surface area contributed by atoms with E-state index in [0.29, 0.717) is 12.3 Å². The Morgan fingerprint density at radius 3 is 2.91 bits per heavy atom. The van der Waals surface area contributed by atoms with Gasteiger partial charge >= 0.3 is 5.69 Å². The monoisotopic (exact) mass is 307 g/mol. The predicted molar refractivity (Wildman–Crippen MR) is 79.7 cm³/mol. The first-order valence-corrected chi connectivity index (χ1v) is 6.78. The lowest BCUT2D eigenvalue weighted by Crippen LogP contribution is -2.28. The van der Waals surface area contributed by atoms with Gasteiger partial charge in [0.05, 0.1) is 24.3 Å². The van der Waals surface area contributed by atoms with E-state index in [1.807, 2.05) is 6.92 Å². The molecule has 0 aliphatic heterocycles. The van der Waals surface area contributed by atoms with Gasteiger partial charge in [0.1, 0.15) is 12.1 Å². The number of aliphatic hydroxyl groups excluding tert-OH is 1. The first-order valence-electron chi connectivity index (χ1n) is 6.78. The molecule has 9 heteroatoms. The average Bonchev–Trinajstić information content (AvgIpc) is 3.03. The maximum atomic E-state index is 11.4. The Morgan fingerprint density at radius 2 is 2.32 bits per heavy atom. The molecule has 118 valence electrons. The summed E-state index contributed by atoms with van der Waals surface area (Å²) < 4.78 is 5.17. The zero-order valence-electron chi connectivity index (χ0n) is 12.1. The van der Waals surface area contributed by atoms with Gasteiger partial charge in [0.15, 0.2) is 0 Å². The third-order valence-corrected chi connectivity index (χ3v) is 3.05. The van der Waals surface area contributed by atoms with E-state index in [2.05, 4.69) is 15.3 Å². The van der Waals surface area contributed by atoms with Crippen LogP contribution < -0.4 is 10.2 Å². The first kappa shape index (κ1) is 15.7. The number of rotatable bonds is 8. The predicted octanol–water partition coefficient (Wildman–Crippen LogP) is 1.41. The van der Waals surface area contributed by atoms with Crippen molar-refractivity contribution in [1.82, 2.24) is 9.97 Å². The maximum Gasteiger partial charge on any atom is 0.353 e. The second-order valence-corrected chi connectivity index (χ2v) is 4.39. The fraction of sp³-hybridized carbons (Fsp3) is 0.385. The van der Waals surface area contributed by atoms with Crippen molar-refractivity contribution in [2.45, 2.75) is 13.5 Å². The fourth-order valence-corrected chi connectivity index (χ4v) is 2.02. The Labute approximate surface area is 126 Å². The fourth-order valence-electron chi connectivity index (χ4n) is 2.02. The van der Waals surface area contributed by atoms with Gasteiger partial charge in [-0.1, -0.05) is 0 Å². The van der Waals surface area contributed by atoms with E-state index in [-0.39, 0.29) is 37.0 Å². The summed E-state index contributed by atoms with van der Waals surface area (Å²) in [5, 5.41) is 23.4. The van der Waals surface area contributed by atoms with Crippen molar-refractivity contribution in [3.8, 4) is 0 Å². The van der Waals surface area contributed by atoms with Crippen LogP contribution in [0.15, 0.2) is 29.1 Å². The van der Waals surface area contributed by atoms with Crippen LogP contribution in [0.5, 0.6) is 0 Å². The molecule has 0 amide bonds. The smallest absolute Gasteiger partial charge is 0.353 e. The highest BCUT2D eigenvalue weighted by molar-refractivity contribution is 5.70. The molecule has 2 N–H and O–H groups in total. The molecule has 2 aromatic heterocycles. The van der Waals surface area contributed by atoms with E-state index in [4.69, 9.17) is 9.52 Å². The topological polar surface area (TPSA) is 118 Å². The molecule has 2 rings (SSSR count). The van der Waals surface area contributed by atoms with Crippen LogP contribution in [0.25, 0.3) is 0 Å². The van der Waals surface area contributed by atoms with Gasteiger partial charge in [-0.25, -0.2) is 9.97 Å². The minimum atomic E-state index is -0.528. The molecule has 0 unspecified atom stereocenters. The van der Waals surface area contributed by atoms with Crippen molar-refractivity contribution in [2.24, 2.45) is 0 Å². The van der Waals surface area contributed by atoms with Crippen LogP contribution in [-0.2, 0) is 6.54 Å². The molecule has 2 heterocycles. The number of hydrogen-bond acceptors (Lipinski definition) is 8. The Bertz CT molecular complexity index is 617. The zero-order chi connectivity index (χ0) is 15.9. The summed E-state index contributed by atoms with van der Waals surface area (Å²) in [5.41, 5.74) is -0.218. The van der Waals surface area contributed by atoms with Crippen LogP contribution in [0.2, 0.25) is 0 Å². The molecular weight excluding hydrogens is 290 g/mol. The van der Waals surface area contributed by atoms with Gasteiger partial charge < -0.3 is 19.7 Å². The molecule has 0 saturated carbocycles. The second-order valence-electron chi connectivity index (χ2n) is 4.39. The van der Waals surface area contributed by atoms with Gasteiger partial charge in [0.25, 0.3) is 0 Å². The number of likely N-dealkylation sites (N-methyl/N-ethyl adjacent to an activating group) is 1. The van der Waals surface area contributed by atoms with E-state index in [1.54, 1.807) is 17.0 Å². The molecule has 0 aromatic carbocycles. The van der Waals surface area contributed by atoms with Gasteiger partial charge in [0.2, 0.25) is 11.6 Å². The Balaban J connectivity index is 2.30. The van der Waals surface area contributed by atoms with E-state index >= 15 is 0 Å². The van der Waals surface area contributed by atoms with E-state index in [9.17, 15) is 10.1 Å². The standard InChI is InChI=1S/C13H17N5O4/c1-2-17(5-6-19)13-11(18(20)21)12(15-9-16-13)14-8-10-4-3-7-22-10/h3-4,7,9,19H,2,5-6,8H2,1H3,(H,14,15,16). The third-order valence-electron chi connectivity index (χ3n) is 3.05. The largest absolute Gasteiger partial charge is 0.467 e. The molecule has 9 nitrogen and oxygen atoms in total. The second kappa shape index (κ2) is 7.36. The third kappa shape index (κ3) is 3.50. The highest BCUT2D eigenvalue weighted by atomic mass is 16.6. The van der Waals surface area contributed by atoms with Crippen LogP contribution in [0, 0.1) is 10.1 Å². The van der Waals surface area contributed by atoms with Crippen LogP contribution in [0.3, 0.4) is 0 Å². The lowest BCUT2D eigenvalue weighted by molar-refractivity contribution is -0.383. The normalized spacial score (nSPS) is 10.5. The van der Waals surface area contributed by atoms with Crippen molar-refractivity contribution in [3.05, 3.63) is 40.6 Å². The van der Waals surface area contributed by atoms with E-state index in [1.165, 1.54) is 12.6 Å². The molecule has 2 aromatic rings. The number of furan rings is 1. The highest BCUT2D eigenvalue weighted by Gasteiger charge is 2.26. The number of aliphatic hydroxyl groups is 1. The Hall–Kier alpha value is -2.68. The summed E-state index contributed by atoms with van der Waals surface area (Å²) in [6.45, 7) is 2.72. The number of nitrogens with one attached hydrogen (secondary N) is 1. The molecule has 0 aliphatic rings. The molecule has 0 atom stereocenters. The quantitative estimate of drug-likeness (QED) is 0.555. The molecule has 0 bridgehead atoms. The molecule has 0 spiro atoms. The van der Waals surface area contributed by atoms with Crippen molar-refractivity contribution >= 4 is 17.3 Å². The summed E-state index contributed by atoms with van der Waals surface area (Å²) in [5.74, 6) is 0.929. The van der Waals surface area contributed by atoms with Crippen LogP contribution in [0.4, 0.5) is 17.3 Å². The Kier molecular flexibility index (Phi) is 5.26. The summed E-state index contributed by atoms with van der Waals surface area (Å²) in [6, 6.07) is 3.49. The maximum absolute atomic E-state index is 11.4. The molecular formula is C13H17N5O4. The van der Waals surface area contributed by atoms with Gasteiger partial charge in [-0.15, -0.1) is 0 Å². The summed E-state index contributed by atoms with van der Waals surface area (Å²) >= 11 is 0. The van der Waals surface area contributed by atoms with Crippen molar-refractivity contribution in [2.75, 3.05) is 29.9 Å². The van der Waals surface area contributed by atoms with E-state index in [0.717, 1.165) is 0 Å². The molecule has 0 radical (unpaired) electrons. The SMILES string of the molecule is CCN(CCO)c1ncnc(NCc2ccco2)c1[N+](=O)[O-]. The van der Waals surface area contributed by atoms with Crippen molar-refractivity contribution < 1.29 is 14.4 Å².